The average molecular weight is 440 g/mol. The molecule has 0 saturated heterocycles. The van der Waals surface area contributed by atoms with E-state index in [4.69, 9.17) is 21.1 Å². The molecule has 0 aliphatic rings. The number of rotatable bonds is 8. The van der Waals surface area contributed by atoms with Crippen LogP contribution in [0, 0.1) is 0 Å². The monoisotopic (exact) mass is 439 g/mol. The van der Waals surface area contributed by atoms with E-state index in [1.54, 1.807) is 54.9 Å². The molecule has 0 aliphatic carbocycles. The number of benzene rings is 2. The second-order valence-electron chi connectivity index (χ2n) is 6.57. The largest absolute Gasteiger partial charge is 0.493 e. The molecule has 2 amide bonds. The highest BCUT2D eigenvalue weighted by atomic mass is 35.5. The van der Waals surface area contributed by atoms with Crippen LogP contribution >= 0.6 is 11.6 Å². The van der Waals surface area contributed by atoms with Gasteiger partial charge in [0.2, 0.25) is 0 Å². The van der Waals surface area contributed by atoms with Crippen molar-refractivity contribution in [2.45, 2.75) is 13.3 Å². The summed E-state index contributed by atoms with van der Waals surface area (Å²) < 4.78 is 10.9. The first-order chi connectivity index (χ1) is 15.0. The van der Waals surface area contributed by atoms with Crippen molar-refractivity contribution in [2.75, 3.05) is 24.4 Å². The van der Waals surface area contributed by atoms with Crippen LogP contribution in [0.1, 0.15) is 34.1 Å². The Morgan fingerprint density at radius 1 is 1.00 bits per heavy atom. The number of nitrogens with zero attached hydrogens (tertiary/aromatic N) is 1. The van der Waals surface area contributed by atoms with Gasteiger partial charge >= 0.3 is 0 Å². The van der Waals surface area contributed by atoms with Gasteiger partial charge in [-0.25, -0.2) is 0 Å². The number of methoxy groups -OCH3 is 1. The summed E-state index contributed by atoms with van der Waals surface area (Å²) in [5, 5.41) is 5.83. The van der Waals surface area contributed by atoms with Crippen molar-refractivity contribution in [1.29, 1.82) is 0 Å². The maximum atomic E-state index is 12.7. The first kappa shape index (κ1) is 22.1. The molecule has 1 aromatic heterocycles. The number of aromatic nitrogens is 1. The number of carbonyl (C=O) groups excluding carboxylic acids is 2. The fraction of sp³-hybridized carbons (Fsp3) is 0.174. The minimum Gasteiger partial charge on any atom is -0.493 e. The second kappa shape index (κ2) is 10.4. The van der Waals surface area contributed by atoms with E-state index in [1.165, 1.54) is 13.2 Å². The van der Waals surface area contributed by atoms with Gasteiger partial charge in [-0.05, 0) is 55.0 Å². The number of carbonyl (C=O) groups is 2. The SMILES string of the molecule is CCCOc1c(Cl)cc(C(=O)Nc2ccc(C(=O)Nc3cccnc3)cc2)cc1OC. The molecule has 2 aromatic carbocycles. The van der Waals surface area contributed by atoms with Gasteiger partial charge in [-0.1, -0.05) is 18.5 Å². The molecule has 0 spiro atoms. The lowest BCUT2D eigenvalue weighted by Crippen LogP contribution is -2.14. The third-order valence-electron chi connectivity index (χ3n) is 4.27. The normalized spacial score (nSPS) is 10.3. The zero-order chi connectivity index (χ0) is 22.2. The Morgan fingerprint density at radius 3 is 2.35 bits per heavy atom. The van der Waals surface area contributed by atoms with E-state index in [1.807, 2.05) is 6.92 Å². The molecule has 0 bridgehead atoms. The van der Waals surface area contributed by atoms with Gasteiger partial charge in [0.15, 0.2) is 11.5 Å². The number of anilines is 2. The molecule has 0 atom stereocenters. The molecule has 0 radical (unpaired) electrons. The molecule has 0 saturated carbocycles. The van der Waals surface area contributed by atoms with E-state index < -0.39 is 0 Å². The average Bonchev–Trinajstić information content (AvgIpc) is 2.78. The van der Waals surface area contributed by atoms with Crippen LogP contribution in [0.15, 0.2) is 60.9 Å². The van der Waals surface area contributed by atoms with Crippen molar-refractivity contribution in [3.63, 3.8) is 0 Å². The predicted molar refractivity (Wildman–Crippen MR) is 120 cm³/mol. The topological polar surface area (TPSA) is 89.5 Å². The Labute approximate surface area is 185 Å². The Hall–Kier alpha value is -3.58. The zero-order valence-electron chi connectivity index (χ0n) is 17.1. The summed E-state index contributed by atoms with van der Waals surface area (Å²) in [6, 6.07) is 13.1. The van der Waals surface area contributed by atoms with E-state index in [0.717, 1.165) is 6.42 Å². The van der Waals surface area contributed by atoms with Gasteiger partial charge in [0.25, 0.3) is 11.8 Å². The molecule has 2 N–H and O–H groups in total. The van der Waals surface area contributed by atoms with Crippen LogP contribution in [0.3, 0.4) is 0 Å². The standard InChI is InChI=1S/C23H22ClN3O4/c1-3-11-31-21-19(24)12-16(13-20(21)30-2)23(29)26-17-8-6-15(7-9-17)22(28)27-18-5-4-10-25-14-18/h4-10,12-14H,3,11H2,1-2H3,(H,26,29)(H,27,28). The number of ether oxygens (including phenoxy) is 2. The molecule has 0 aliphatic heterocycles. The molecule has 1 heterocycles. The number of hydrogen-bond donors (Lipinski definition) is 2. The molecule has 3 aromatic rings. The molecule has 8 heteroatoms. The fourth-order valence-electron chi connectivity index (χ4n) is 2.74. The van der Waals surface area contributed by atoms with Crippen LogP contribution < -0.4 is 20.1 Å². The van der Waals surface area contributed by atoms with E-state index >= 15 is 0 Å². The summed E-state index contributed by atoms with van der Waals surface area (Å²) >= 11 is 6.28. The van der Waals surface area contributed by atoms with E-state index in [9.17, 15) is 9.59 Å². The highest BCUT2D eigenvalue weighted by Crippen LogP contribution is 2.36. The number of hydrogen-bond acceptors (Lipinski definition) is 5. The third-order valence-corrected chi connectivity index (χ3v) is 4.55. The fourth-order valence-corrected chi connectivity index (χ4v) is 3.01. The highest BCUT2D eigenvalue weighted by Gasteiger charge is 2.16. The quantitative estimate of drug-likeness (QED) is 0.513. The maximum Gasteiger partial charge on any atom is 0.255 e. The van der Waals surface area contributed by atoms with Gasteiger partial charge in [0, 0.05) is 23.0 Å². The molecular weight excluding hydrogens is 418 g/mol. The first-order valence-corrected chi connectivity index (χ1v) is 10.0. The lowest BCUT2D eigenvalue weighted by atomic mass is 10.1. The van der Waals surface area contributed by atoms with E-state index in [2.05, 4.69) is 15.6 Å². The smallest absolute Gasteiger partial charge is 0.255 e. The molecule has 160 valence electrons. The van der Waals surface area contributed by atoms with Crippen molar-refractivity contribution in [2.24, 2.45) is 0 Å². The predicted octanol–water partition coefficient (Wildman–Crippen LogP) is 5.04. The second-order valence-corrected chi connectivity index (χ2v) is 6.97. The molecule has 7 nitrogen and oxygen atoms in total. The van der Waals surface area contributed by atoms with Crippen LogP contribution in [-0.2, 0) is 0 Å². The van der Waals surface area contributed by atoms with Crippen LogP contribution in [0.2, 0.25) is 5.02 Å². The summed E-state index contributed by atoms with van der Waals surface area (Å²) in [5.41, 5.74) is 1.90. The minimum absolute atomic E-state index is 0.273. The molecular formula is C23H22ClN3O4. The maximum absolute atomic E-state index is 12.7. The minimum atomic E-state index is -0.366. The summed E-state index contributed by atoms with van der Waals surface area (Å²) in [6.07, 6.45) is 4.00. The van der Waals surface area contributed by atoms with Crippen molar-refractivity contribution >= 4 is 34.8 Å². The number of halogens is 1. The van der Waals surface area contributed by atoms with Crippen LogP contribution in [0.25, 0.3) is 0 Å². The Kier molecular flexibility index (Phi) is 7.45. The molecule has 3 rings (SSSR count). The summed E-state index contributed by atoms with van der Waals surface area (Å²) in [7, 11) is 1.49. The molecule has 31 heavy (non-hydrogen) atoms. The first-order valence-electron chi connectivity index (χ1n) is 9.65. The van der Waals surface area contributed by atoms with E-state index in [-0.39, 0.29) is 11.8 Å². The summed E-state index contributed by atoms with van der Waals surface area (Å²) in [4.78, 5) is 28.9. The summed E-state index contributed by atoms with van der Waals surface area (Å²) in [6.45, 7) is 2.47. The van der Waals surface area contributed by atoms with Crippen molar-refractivity contribution in [3.8, 4) is 11.5 Å². The van der Waals surface area contributed by atoms with Crippen LogP contribution in [0.5, 0.6) is 11.5 Å². The van der Waals surface area contributed by atoms with Crippen molar-refractivity contribution in [1.82, 2.24) is 4.98 Å². The number of nitrogens with one attached hydrogen (secondary N) is 2. The molecule has 0 unspecified atom stereocenters. The summed E-state index contributed by atoms with van der Waals surface area (Å²) in [5.74, 6) is 0.153. The Balaban J connectivity index is 1.69. The third kappa shape index (κ3) is 5.73. The highest BCUT2D eigenvalue weighted by molar-refractivity contribution is 6.32. The van der Waals surface area contributed by atoms with Gasteiger partial charge in [0.05, 0.1) is 30.6 Å². The van der Waals surface area contributed by atoms with Gasteiger partial charge in [-0.2, -0.15) is 0 Å². The van der Waals surface area contributed by atoms with Gasteiger partial charge in [0.1, 0.15) is 0 Å². The van der Waals surface area contributed by atoms with Crippen molar-refractivity contribution in [3.05, 3.63) is 77.1 Å². The van der Waals surface area contributed by atoms with Crippen LogP contribution in [-0.4, -0.2) is 30.5 Å². The zero-order valence-corrected chi connectivity index (χ0v) is 17.9. The lowest BCUT2D eigenvalue weighted by Gasteiger charge is -2.14. The van der Waals surface area contributed by atoms with Crippen LogP contribution in [0.4, 0.5) is 11.4 Å². The van der Waals surface area contributed by atoms with Gasteiger partial charge in [-0.3, -0.25) is 14.6 Å². The van der Waals surface area contributed by atoms with Gasteiger partial charge in [-0.15, -0.1) is 0 Å². The number of pyridine rings is 1. The Bertz CT molecular complexity index is 1060. The van der Waals surface area contributed by atoms with E-state index in [0.29, 0.717) is 45.6 Å². The van der Waals surface area contributed by atoms with Gasteiger partial charge < -0.3 is 20.1 Å². The Morgan fingerprint density at radius 2 is 1.71 bits per heavy atom. The number of amides is 2. The molecule has 0 fully saturated rings. The lowest BCUT2D eigenvalue weighted by molar-refractivity contribution is 0.101. The van der Waals surface area contributed by atoms with Crippen molar-refractivity contribution < 1.29 is 19.1 Å².